The van der Waals surface area contributed by atoms with E-state index in [4.69, 9.17) is 14.5 Å². The van der Waals surface area contributed by atoms with E-state index in [1.807, 2.05) is 0 Å². The fourth-order valence-corrected chi connectivity index (χ4v) is 3.51. The highest BCUT2D eigenvalue weighted by atomic mass is 127. The lowest BCUT2D eigenvalue weighted by molar-refractivity contribution is -0.0605. The molecule has 0 radical (unpaired) electrons. The van der Waals surface area contributed by atoms with Gasteiger partial charge in [-0.25, -0.2) is 4.39 Å². The topological polar surface area (TPSA) is 46.1 Å². The van der Waals surface area contributed by atoms with E-state index < -0.39 is 0 Å². The second-order valence-corrected chi connectivity index (χ2v) is 7.06. The van der Waals surface area contributed by atoms with Crippen LogP contribution in [0.25, 0.3) is 0 Å². The minimum Gasteiger partial charge on any atom is -0.377 e. The van der Waals surface area contributed by atoms with E-state index in [2.05, 4.69) is 30.1 Å². The molecule has 0 spiro atoms. The summed E-state index contributed by atoms with van der Waals surface area (Å²) in [5.41, 5.74) is 2.43. The number of rotatable bonds is 5. The van der Waals surface area contributed by atoms with Crippen molar-refractivity contribution in [1.29, 1.82) is 0 Å². The van der Waals surface area contributed by atoms with Crippen molar-refractivity contribution in [1.82, 2.24) is 10.2 Å². The number of nitrogens with one attached hydrogen (secondary N) is 1. The van der Waals surface area contributed by atoms with Crippen LogP contribution in [0.2, 0.25) is 0 Å². The molecule has 2 aliphatic rings. The average Bonchev–Trinajstić information content (AvgIpc) is 2.68. The fraction of sp³-hybridized carbons (Fsp3) is 0.571. The van der Waals surface area contributed by atoms with Gasteiger partial charge in [0.15, 0.2) is 5.96 Å². The number of morpholine rings is 1. The normalized spacial score (nSPS) is 23.0. The summed E-state index contributed by atoms with van der Waals surface area (Å²) < 4.78 is 24.7. The Morgan fingerprint density at radius 3 is 2.75 bits per heavy atom. The van der Waals surface area contributed by atoms with Gasteiger partial charge < -0.3 is 19.7 Å². The van der Waals surface area contributed by atoms with Crippen LogP contribution in [0, 0.1) is 5.82 Å². The number of benzene rings is 1. The van der Waals surface area contributed by atoms with Gasteiger partial charge in [-0.15, -0.1) is 24.0 Å². The van der Waals surface area contributed by atoms with Gasteiger partial charge in [-0.3, -0.25) is 4.99 Å². The van der Waals surface area contributed by atoms with Crippen LogP contribution >= 0.6 is 24.0 Å². The summed E-state index contributed by atoms with van der Waals surface area (Å²) >= 11 is 0. The summed E-state index contributed by atoms with van der Waals surface area (Å²) in [5, 5.41) is 3.41. The fourth-order valence-electron chi connectivity index (χ4n) is 3.51. The van der Waals surface area contributed by atoms with E-state index in [9.17, 15) is 4.39 Å². The number of nitrogens with zero attached hydrogens (tertiary/aromatic N) is 2. The molecule has 2 atom stereocenters. The van der Waals surface area contributed by atoms with Gasteiger partial charge in [-0.1, -0.05) is 23.8 Å². The molecule has 1 saturated heterocycles. The number of guanidine groups is 1. The summed E-state index contributed by atoms with van der Waals surface area (Å²) in [4.78, 5) is 7.10. The summed E-state index contributed by atoms with van der Waals surface area (Å²) in [6.07, 6.45) is 4.15. The van der Waals surface area contributed by atoms with Gasteiger partial charge in [0, 0.05) is 19.6 Å². The first kappa shape index (κ1) is 23.1. The molecule has 1 N–H and O–H groups in total. The Morgan fingerprint density at radius 1 is 1.29 bits per heavy atom. The molecule has 2 unspecified atom stereocenters. The van der Waals surface area contributed by atoms with Crippen molar-refractivity contribution in [2.45, 2.75) is 38.9 Å². The van der Waals surface area contributed by atoms with Crippen LogP contribution in [0.5, 0.6) is 0 Å². The monoisotopic (exact) mass is 503 g/mol. The molecule has 156 valence electrons. The quantitative estimate of drug-likeness (QED) is 0.287. The van der Waals surface area contributed by atoms with Crippen LogP contribution in [0.1, 0.15) is 38.4 Å². The molecule has 0 amide bonds. The Hall–Kier alpha value is -1.19. The zero-order valence-corrected chi connectivity index (χ0v) is 19.0. The molecule has 2 heterocycles. The molecule has 0 aliphatic carbocycles. The minimum absolute atomic E-state index is 0. The lowest BCUT2D eigenvalue weighted by Crippen LogP contribution is -2.50. The highest BCUT2D eigenvalue weighted by molar-refractivity contribution is 14.0. The van der Waals surface area contributed by atoms with Crippen molar-refractivity contribution in [3.8, 4) is 0 Å². The number of hydrogen-bond acceptors (Lipinski definition) is 3. The number of halogens is 2. The van der Waals surface area contributed by atoms with Crippen molar-refractivity contribution in [3.05, 3.63) is 47.3 Å². The molecule has 1 aromatic rings. The molecule has 0 saturated carbocycles. The smallest absolute Gasteiger partial charge is 0.194 e. The van der Waals surface area contributed by atoms with Crippen LogP contribution in [0.15, 0.2) is 40.9 Å². The van der Waals surface area contributed by atoms with Crippen LogP contribution in [0.4, 0.5) is 4.39 Å². The minimum atomic E-state index is -0.225. The van der Waals surface area contributed by atoms with E-state index in [1.165, 1.54) is 17.7 Å². The molecule has 1 aromatic carbocycles. The zero-order chi connectivity index (χ0) is 19.1. The van der Waals surface area contributed by atoms with Gasteiger partial charge in [-0.05, 0) is 44.4 Å². The summed E-state index contributed by atoms with van der Waals surface area (Å²) in [6.45, 7) is 8.77. The molecule has 0 aromatic heterocycles. The maximum atomic E-state index is 13.2. The second kappa shape index (κ2) is 11.7. The first-order valence-corrected chi connectivity index (χ1v) is 9.85. The molecule has 3 rings (SSSR count). The largest absolute Gasteiger partial charge is 0.377 e. The van der Waals surface area contributed by atoms with Crippen LogP contribution in [-0.2, 0) is 9.47 Å². The highest BCUT2D eigenvalue weighted by Crippen LogP contribution is 2.25. The van der Waals surface area contributed by atoms with Crippen molar-refractivity contribution < 1.29 is 13.9 Å². The molecule has 1 fully saturated rings. The van der Waals surface area contributed by atoms with Gasteiger partial charge in [0.25, 0.3) is 0 Å². The number of aliphatic imine (C=N–C) groups is 1. The molecule has 2 aliphatic heterocycles. The average molecular weight is 503 g/mol. The Morgan fingerprint density at radius 2 is 2.07 bits per heavy atom. The predicted molar refractivity (Wildman–Crippen MR) is 121 cm³/mol. The van der Waals surface area contributed by atoms with Crippen molar-refractivity contribution in [2.24, 2.45) is 4.99 Å². The van der Waals surface area contributed by atoms with Crippen LogP contribution in [0.3, 0.4) is 0 Å². The molecule has 5 nitrogen and oxygen atoms in total. The summed E-state index contributed by atoms with van der Waals surface area (Å²) in [7, 11) is 0. The summed E-state index contributed by atoms with van der Waals surface area (Å²) in [5.74, 6) is 0.698. The Labute approximate surface area is 184 Å². The lowest BCUT2D eigenvalue weighted by Gasteiger charge is -2.38. The zero-order valence-electron chi connectivity index (χ0n) is 16.7. The highest BCUT2D eigenvalue weighted by Gasteiger charge is 2.28. The van der Waals surface area contributed by atoms with Crippen LogP contribution in [-0.4, -0.2) is 56.4 Å². The molecular weight excluding hydrogens is 472 g/mol. The predicted octanol–water partition coefficient (Wildman–Crippen LogP) is 3.91. The summed E-state index contributed by atoms with van der Waals surface area (Å²) in [6, 6.07) is 6.59. The molecule has 7 heteroatoms. The standard InChI is InChI=1S/C21H30FN3O2.HI/c1-3-23-21(24-11-8-17-9-12-26-13-10-17)25-14-16(2)27-20(15-25)18-4-6-19(22)7-5-18;/h4-7,9,16,20H,3,8,10-15H2,1-2H3,(H,23,24);1H. The van der Waals surface area contributed by atoms with Crippen molar-refractivity contribution >= 4 is 29.9 Å². The SMILES string of the molecule is CCNC(=NCCC1=CCOCC1)N1CC(C)OC(c2ccc(F)cc2)C1.I. The van der Waals surface area contributed by atoms with Gasteiger partial charge in [0.1, 0.15) is 11.9 Å². The van der Waals surface area contributed by atoms with Gasteiger partial charge in [-0.2, -0.15) is 0 Å². The van der Waals surface area contributed by atoms with E-state index in [-0.39, 0.29) is 42.0 Å². The van der Waals surface area contributed by atoms with Crippen LogP contribution < -0.4 is 5.32 Å². The second-order valence-electron chi connectivity index (χ2n) is 7.06. The maximum absolute atomic E-state index is 13.2. The Kier molecular flexibility index (Phi) is 9.67. The number of ether oxygens (including phenoxy) is 2. The first-order chi connectivity index (χ1) is 13.2. The third-order valence-electron chi connectivity index (χ3n) is 4.89. The molecule has 28 heavy (non-hydrogen) atoms. The van der Waals surface area contributed by atoms with Gasteiger partial charge in [0.2, 0.25) is 0 Å². The van der Waals surface area contributed by atoms with Gasteiger partial charge in [0.05, 0.1) is 25.9 Å². The molecular formula is C21H31FIN3O2. The van der Waals surface area contributed by atoms with E-state index in [0.717, 1.165) is 57.2 Å². The maximum Gasteiger partial charge on any atom is 0.194 e. The van der Waals surface area contributed by atoms with E-state index >= 15 is 0 Å². The van der Waals surface area contributed by atoms with Gasteiger partial charge >= 0.3 is 0 Å². The third kappa shape index (κ3) is 6.70. The third-order valence-corrected chi connectivity index (χ3v) is 4.89. The van der Waals surface area contributed by atoms with Crippen molar-refractivity contribution in [2.75, 3.05) is 39.4 Å². The van der Waals surface area contributed by atoms with E-state index in [0.29, 0.717) is 6.54 Å². The Balaban J connectivity index is 0.00000280. The Bertz CT molecular complexity index is 666. The van der Waals surface area contributed by atoms with E-state index in [1.54, 1.807) is 12.1 Å². The molecule has 0 bridgehead atoms. The lowest BCUT2D eigenvalue weighted by atomic mass is 10.1. The first-order valence-electron chi connectivity index (χ1n) is 9.85. The number of hydrogen-bond donors (Lipinski definition) is 1. The van der Waals surface area contributed by atoms with Crippen molar-refractivity contribution in [3.63, 3.8) is 0 Å².